The fourth-order valence-electron chi connectivity index (χ4n) is 0.984. The van der Waals surface area contributed by atoms with Gasteiger partial charge < -0.3 is 10.8 Å². The third kappa shape index (κ3) is 2.16. The van der Waals surface area contributed by atoms with Crippen LogP contribution >= 0.6 is 0 Å². The maximum Gasteiger partial charge on any atom is 0.335 e. The number of hydrogen-bond donors (Lipinski definition) is 2. The molecule has 0 aliphatic heterocycles. The summed E-state index contributed by atoms with van der Waals surface area (Å²) in [7, 11) is 0. The van der Waals surface area contributed by atoms with Gasteiger partial charge in [-0.05, 0) is 17.7 Å². The lowest BCUT2D eigenvalue weighted by Crippen LogP contribution is -2.06. The van der Waals surface area contributed by atoms with Crippen LogP contribution in [0.25, 0.3) is 0 Å². The number of carbonyl (C=O) groups is 1. The molecule has 0 radical (unpaired) electrons. The molecular formula is C10H11NO2. The fourth-order valence-corrected chi connectivity index (χ4v) is 0.984. The van der Waals surface area contributed by atoms with Gasteiger partial charge in [0.1, 0.15) is 0 Å². The molecule has 0 heterocycles. The molecule has 0 aromatic heterocycles. The number of aromatic carboxylic acids is 1. The van der Waals surface area contributed by atoms with Crippen LogP contribution in [0.3, 0.4) is 0 Å². The number of nitrogens with two attached hydrogens (primary N) is 1. The standard InChI is InChI=1S/C10H11NO2/c1-2-9(11)7-3-5-8(6-4-7)10(12)13/h2-6,9H,1,11H2,(H,12,13)/t9-/m1/s1. The van der Waals surface area contributed by atoms with E-state index in [0.717, 1.165) is 5.56 Å². The smallest absolute Gasteiger partial charge is 0.335 e. The van der Waals surface area contributed by atoms with Gasteiger partial charge in [0.05, 0.1) is 5.56 Å². The second-order valence-corrected chi connectivity index (χ2v) is 2.69. The lowest BCUT2D eigenvalue weighted by Gasteiger charge is -2.05. The average molecular weight is 177 g/mol. The van der Waals surface area contributed by atoms with Crippen molar-refractivity contribution in [2.75, 3.05) is 0 Å². The zero-order valence-electron chi connectivity index (χ0n) is 7.10. The summed E-state index contributed by atoms with van der Waals surface area (Å²) in [5, 5.41) is 8.62. The van der Waals surface area contributed by atoms with E-state index in [9.17, 15) is 4.79 Å². The van der Waals surface area contributed by atoms with Gasteiger partial charge in [0.2, 0.25) is 0 Å². The van der Waals surface area contributed by atoms with Crippen LogP contribution in [-0.4, -0.2) is 11.1 Å². The van der Waals surface area contributed by atoms with Gasteiger partial charge in [-0.15, -0.1) is 6.58 Å². The summed E-state index contributed by atoms with van der Waals surface area (Å²) in [6.07, 6.45) is 1.61. The molecule has 3 N–H and O–H groups in total. The van der Waals surface area contributed by atoms with Gasteiger partial charge in [-0.1, -0.05) is 18.2 Å². The van der Waals surface area contributed by atoms with Crippen LogP contribution in [0.15, 0.2) is 36.9 Å². The van der Waals surface area contributed by atoms with Crippen molar-refractivity contribution >= 4 is 5.97 Å². The second kappa shape index (κ2) is 3.87. The molecule has 13 heavy (non-hydrogen) atoms. The maximum absolute atomic E-state index is 10.5. The third-order valence-electron chi connectivity index (χ3n) is 1.80. The average Bonchev–Trinajstić information content (AvgIpc) is 2.17. The Morgan fingerprint density at radius 3 is 2.38 bits per heavy atom. The highest BCUT2D eigenvalue weighted by Crippen LogP contribution is 2.11. The third-order valence-corrected chi connectivity index (χ3v) is 1.80. The monoisotopic (exact) mass is 177 g/mol. The maximum atomic E-state index is 10.5. The molecule has 0 saturated heterocycles. The number of carboxylic acids is 1. The van der Waals surface area contributed by atoms with E-state index < -0.39 is 5.97 Å². The minimum absolute atomic E-state index is 0.233. The highest BCUT2D eigenvalue weighted by Gasteiger charge is 2.04. The van der Waals surface area contributed by atoms with E-state index in [1.165, 1.54) is 12.1 Å². The Morgan fingerprint density at radius 1 is 1.46 bits per heavy atom. The molecule has 0 aliphatic rings. The Bertz CT molecular complexity index is 316. The van der Waals surface area contributed by atoms with E-state index in [0.29, 0.717) is 0 Å². The molecule has 0 aliphatic carbocycles. The van der Waals surface area contributed by atoms with Crippen LogP contribution < -0.4 is 5.73 Å². The van der Waals surface area contributed by atoms with Crippen molar-refractivity contribution in [1.29, 1.82) is 0 Å². The molecule has 1 atom stereocenters. The number of hydrogen-bond acceptors (Lipinski definition) is 2. The van der Waals surface area contributed by atoms with Crippen molar-refractivity contribution in [2.45, 2.75) is 6.04 Å². The van der Waals surface area contributed by atoms with E-state index in [1.807, 2.05) is 0 Å². The van der Waals surface area contributed by atoms with Gasteiger partial charge in [-0.2, -0.15) is 0 Å². The van der Waals surface area contributed by atoms with Crippen LogP contribution in [0, 0.1) is 0 Å². The van der Waals surface area contributed by atoms with Crippen LogP contribution in [-0.2, 0) is 0 Å². The van der Waals surface area contributed by atoms with Crippen molar-refractivity contribution in [3.8, 4) is 0 Å². The molecule has 1 rings (SSSR count). The van der Waals surface area contributed by atoms with E-state index in [2.05, 4.69) is 6.58 Å². The fraction of sp³-hybridized carbons (Fsp3) is 0.100. The lowest BCUT2D eigenvalue weighted by atomic mass is 10.1. The van der Waals surface area contributed by atoms with Gasteiger partial charge in [-0.25, -0.2) is 4.79 Å². The SMILES string of the molecule is C=C[C@@H](N)c1ccc(C(=O)O)cc1. The van der Waals surface area contributed by atoms with Crippen LogP contribution in [0.5, 0.6) is 0 Å². The van der Waals surface area contributed by atoms with Crippen LogP contribution in [0.1, 0.15) is 22.0 Å². The van der Waals surface area contributed by atoms with Crippen molar-refractivity contribution in [1.82, 2.24) is 0 Å². The summed E-state index contributed by atoms with van der Waals surface area (Å²) in [6.45, 7) is 3.55. The highest BCUT2D eigenvalue weighted by atomic mass is 16.4. The Kier molecular flexibility index (Phi) is 2.82. The lowest BCUT2D eigenvalue weighted by molar-refractivity contribution is 0.0697. The molecule has 68 valence electrons. The summed E-state index contributed by atoms with van der Waals surface area (Å²) in [5.74, 6) is -0.932. The molecular weight excluding hydrogens is 166 g/mol. The molecule has 0 saturated carbocycles. The molecule has 0 amide bonds. The zero-order valence-corrected chi connectivity index (χ0v) is 7.10. The van der Waals surface area contributed by atoms with Crippen molar-refractivity contribution in [3.05, 3.63) is 48.0 Å². The summed E-state index contributed by atoms with van der Waals surface area (Å²) in [4.78, 5) is 10.5. The number of benzene rings is 1. The van der Waals surface area contributed by atoms with Crippen molar-refractivity contribution in [3.63, 3.8) is 0 Å². The van der Waals surface area contributed by atoms with Crippen LogP contribution in [0.4, 0.5) is 0 Å². The van der Waals surface area contributed by atoms with Gasteiger partial charge in [0.15, 0.2) is 0 Å². The summed E-state index contributed by atoms with van der Waals surface area (Å²) >= 11 is 0. The molecule has 0 spiro atoms. The van der Waals surface area contributed by atoms with Crippen molar-refractivity contribution < 1.29 is 9.90 Å². The first-order valence-corrected chi connectivity index (χ1v) is 3.86. The summed E-state index contributed by atoms with van der Waals surface area (Å²) < 4.78 is 0. The second-order valence-electron chi connectivity index (χ2n) is 2.69. The molecule has 0 unspecified atom stereocenters. The molecule has 0 fully saturated rings. The molecule has 1 aromatic carbocycles. The Labute approximate surface area is 76.5 Å². The number of carboxylic acid groups (broad SMARTS) is 1. The first-order chi connectivity index (χ1) is 6.15. The summed E-state index contributed by atoms with van der Waals surface area (Å²) in [5.41, 5.74) is 6.78. The molecule has 1 aromatic rings. The Balaban J connectivity index is 2.93. The van der Waals surface area contributed by atoms with E-state index in [-0.39, 0.29) is 11.6 Å². The zero-order chi connectivity index (χ0) is 9.84. The van der Waals surface area contributed by atoms with Crippen LogP contribution in [0.2, 0.25) is 0 Å². The minimum atomic E-state index is -0.932. The first kappa shape index (κ1) is 9.48. The molecule has 0 bridgehead atoms. The number of rotatable bonds is 3. The molecule has 3 nitrogen and oxygen atoms in total. The van der Waals surface area contributed by atoms with Gasteiger partial charge in [-0.3, -0.25) is 0 Å². The predicted molar refractivity (Wildman–Crippen MR) is 50.5 cm³/mol. The molecule has 3 heteroatoms. The topological polar surface area (TPSA) is 63.3 Å². The Morgan fingerprint density at radius 2 is 2.00 bits per heavy atom. The van der Waals surface area contributed by atoms with E-state index >= 15 is 0 Å². The quantitative estimate of drug-likeness (QED) is 0.689. The Hall–Kier alpha value is -1.61. The first-order valence-electron chi connectivity index (χ1n) is 3.86. The largest absolute Gasteiger partial charge is 0.478 e. The van der Waals surface area contributed by atoms with Gasteiger partial charge in [0, 0.05) is 6.04 Å². The summed E-state index contributed by atoms with van der Waals surface area (Å²) in [6, 6.07) is 6.20. The minimum Gasteiger partial charge on any atom is -0.478 e. The van der Waals surface area contributed by atoms with Gasteiger partial charge >= 0.3 is 5.97 Å². The predicted octanol–water partition coefficient (Wildman–Crippen LogP) is 1.57. The van der Waals surface area contributed by atoms with E-state index in [4.69, 9.17) is 10.8 Å². The normalized spacial score (nSPS) is 12.1. The highest BCUT2D eigenvalue weighted by molar-refractivity contribution is 5.87. The van der Waals surface area contributed by atoms with E-state index in [1.54, 1.807) is 18.2 Å². The van der Waals surface area contributed by atoms with Gasteiger partial charge in [0.25, 0.3) is 0 Å². The van der Waals surface area contributed by atoms with Crippen molar-refractivity contribution in [2.24, 2.45) is 5.73 Å².